The topological polar surface area (TPSA) is 129 Å². The molecule has 8 atom stereocenters. The summed E-state index contributed by atoms with van der Waals surface area (Å²) in [5, 5.41) is 34.3. The fourth-order valence-corrected chi connectivity index (χ4v) is 7.11. The van der Waals surface area contributed by atoms with E-state index < -0.39 is 36.4 Å². The fourth-order valence-electron chi connectivity index (χ4n) is 6.11. The molecule has 0 aliphatic carbocycles. The number of hydrogen-bond donors (Lipinski definition) is 3. The Morgan fingerprint density at radius 2 is 1.71 bits per heavy atom. The molecule has 0 spiro atoms. The Hall–Kier alpha value is -3.57. The van der Waals surface area contributed by atoms with Crippen LogP contribution < -0.4 is 0 Å². The van der Waals surface area contributed by atoms with Crippen molar-refractivity contribution in [2.75, 3.05) is 14.2 Å². The zero-order valence-corrected chi connectivity index (χ0v) is 34.0. The maximum Gasteiger partial charge on any atom is 0.407 e. The van der Waals surface area contributed by atoms with Crippen molar-refractivity contribution in [3.63, 3.8) is 0 Å². The lowest BCUT2D eigenvalue weighted by Gasteiger charge is -2.26. The number of carbonyl (C=O) groups excluding carboxylic acids is 1. The molecule has 0 saturated heterocycles. The molecule has 1 amide bonds. The van der Waals surface area contributed by atoms with Crippen LogP contribution >= 0.6 is 11.3 Å². The molecule has 1 aromatic heterocycles. The van der Waals surface area contributed by atoms with Crippen LogP contribution in [0.1, 0.15) is 105 Å². The van der Waals surface area contributed by atoms with E-state index in [4.69, 9.17) is 14.5 Å². The number of ether oxygens (including phenoxy) is 2. The highest BCUT2D eigenvalue weighted by molar-refractivity contribution is 7.09. The summed E-state index contributed by atoms with van der Waals surface area (Å²) < 4.78 is 12.0. The highest BCUT2D eigenvalue weighted by Gasteiger charge is 2.30. The van der Waals surface area contributed by atoms with Crippen LogP contribution in [0.25, 0.3) is 0 Å². The number of aliphatic hydroxyl groups is 2. The van der Waals surface area contributed by atoms with Crippen molar-refractivity contribution in [1.82, 2.24) is 9.88 Å². The van der Waals surface area contributed by atoms with Gasteiger partial charge in [-0.3, -0.25) is 0 Å². The van der Waals surface area contributed by atoms with Gasteiger partial charge in [-0.15, -0.1) is 11.3 Å². The van der Waals surface area contributed by atoms with Crippen molar-refractivity contribution in [2.45, 2.75) is 113 Å². The van der Waals surface area contributed by atoms with Crippen LogP contribution in [0.3, 0.4) is 0 Å². The summed E-state index contributed by atoms with van der Waals surface area (Å²) in [7, 11) is 3.17. The van der Waals surface area contributed by atoms with Gasteiger partial charge in [-0.1, -0.05) is 106 Å². The van der Waals surface area contributed by atoms with Gasteiger partial charge in [0, 0.05) is 42.9 Å². The molecule has 1 aliphatic heterocycles. The lowest BCUT2D eigenvalue weighted by molar-refractivity contribution is -0.146. The summed E-state index contributed by atoms with van der Waals surface area (Å²) in [6.07, 6.45) is 14.6. The van der Waals surface area contributed by atoms with Crippen LogP contribution in [0.4, 0.5) is 4.79 Å². The zero-order valence-electron chi connectivity index (χ0n) is 33.2. The summed E-state index contributed by atoms with van der Waals surface area (Å²) in [6, 6.07) is -0.440. The van der Waals surface area contributed by atoms with Crippen molar-refractivity contribution in [3.05, 3.63) is 98.6 Å². The van der Waals surface area contributed by atoms with Gasteiger partial charge in [0.2, 0.25) is 0 Å². The molecule has 3 N–H and O–H groups in total. The van der Waals surface area contributed by atoms with Crippen LogP contribution in [0.15, 0.2) is 87.9 Å². The zero-order chi connectivity index (χ0) is 39.3. The molecule has 2 rings (SSSR count). The van der Waals surface area contributed by atoms with Crippen molar-refractivity contribution in [2.24, 2.45) is 23.7 Å². The van der Waals surface area contributed by atoms with Gasteiger partial charge in [-0.25, -0.2) is 14.6 Å². The number of rotatable bonds is 6. The van der Waals surface area contributed by atoms with Crippen LogP contribution in [0.5, 0.6) is 0 Å². The number of methoxy groups -OCH3 is 1. The first-order chi connectivity index (χ1) is 24.4. The van der Waals surface area contributed by atoms with Crippen molar-refractivity contribution in [1.29, 1.82) is 0 Å². The van der Waals surface area contributed by atoms with Crippen molar-refractivity contribution >= 4 is 23.4 Å². The number of carboxylic acid groups (broad SMARTS) is 1. The van der Waals surface area contributed by atoms with Crippen molar-refractivity contribution < 1.29 is 34.4 Å². The molecule has 52 heavy (non-hydrogen) atoms. The lowest BCUT2D eigenvalue weighted by atomic mass is 9.91. The first-order valence-electron chi connectivity index (χ1n) is 18.1. The summed E-state index contributed by atoms with van der Waals surface area (Å²) in [5.41, 5.74) is 4.78. The third-order valence-electron chi connectivity index (χ3n) is 9.37. The highest BCUT2D eigenvalue weighted by atomic mass is 32.1. The van der Waals surface area contributed by atoms with Gasteiger partial charge < -0.3 is 29.7 Å². The Labute approximate surface area is 315 Å². The molecule has 8 unspecified atom stereocenters. The summed E-state index contributed by atoms with van der Waals surface area (Å²) in [6.45, 7) is 19.5. The maximum absolute atomic E-state index is 13.6. The number of amides is 1. The molecule has 288 valence electrons. The van der Waals surface area contributed by atoms with E-state index in [0.29, 0.717) is 29.1 Å². The van der Waals surface area contributed by atoms with E-state index in [-0.39, 0.29) is 29.8 Å². The van der Waals surface area contributed by atoms with Gasteiger partial charge in [0.1, 0.15) is 5.01 Å². The minimum Gasteiger partial charge on any atom is -0.465 e. The predicted molar refractivity (Wildman–Crippen MR) is 211 cm³/mol. The minimum atomic E-state index is -1.04. The highest BCUT2D eigenvalue weighted by Crippen LogP contribution is 2.35. The number of allylic oxidation sites excluding steroid dienone is 8. The molecule has 10 heteroatoms. The van der Waals surface area contributed by atoms with Gasteiger partial charge in [-0.2, -0.15) is 0 Å². The molecule has 9 nitrogen and oxygen atoms in total. The number of cyclic esters (lactones) is 1. The third-order valence-corrected chi connectivity index (χ3v) is 10.3. The monoisotopic (exact) mass is 738 g/mol. The molecule has 0 aromatic carbocycles. The summed E-state index contributed by atoms with van der Waals surface area (Å²) >= 11 is 1.36. The average Bonchev–Trinajstić information content (AvgIpc) is 3.56. The quantitative estimate of drug-likeness (QED) is 0.195. The Morgan fingerprint density at radius 3 is 2.33 bits per heavy atom. The lowest BCUT2D eigenvalue weighted by Crippen LogP contribution is -2.30. The second-order valence-corrected chi connectivity index (χ2v) is 15.6. The number of aliphatic hydroxyl groups excluding tert-OH is 2. The van der Waals surface area contributed by atoms with Gasteiger partial charge in [0.25, 0.3) is 0 Å². The first-order valence-corrected chi connectivity index (χ1v) is 19.0. The molecular weight excluding hydrogens is 677 g/mol. The number of esters is 1. The Morgan fingerprint density at radius 1 is 1.04 bits per heavy atom. The second-order valence-electron chi connectivity index (χ2n) is 14.7. The average molecular weight is 739 g/mol. The molecule has 0 saturated carbocycles. The molecule has 1 aromatic rings. The Balaban J connectivity index is 2.63. The van der Waals surface area contributed by atoms with Crippen LogP contribution in [-0.4, -0.2) is 69.7 Å². The number of thiazole rings is 1. The Bertz CT molecular complexity index is 1560. The fraction of sp³-hybridized carbons (Fsp3) is 0.548. The predicted octanol–water partition coefficient (Wildman–Crippen LogP) is 9.32. The summed E-state index contributed by atoms with van der Waals surface area (Å²) in [4.78, 5) is 31.6. The van der Waals surface area contributed by atoms with Gasteiger partial charge in [-0.05, 0) is 59.0 Å². The van der Waals surface area contributed by atoms with E-state index in [9.17, 15) is 24.9 Å². The SMILES string of the molecule is COC1C(C)=CC=CC(C)C(c2csc(C(CC(C)C)N(C)C(=O)O)n2)OC(=O)C(C)=CCC(C)=CC(O)C(C)C=C(C)C=C(C)C=CC(O)C1C. The van der Waals surface area contributed by atoms with E-state index in [1.165, 1.54) is 16.2 Å². The minimum absolute atomic E-state index is 0.153. The molecule has 0 radical (unpaired) electrons. The van der Waals surface area contributed by atoms with Gasteiger partial charge in [0.15, 0.2) is 6.10 Å². The molecule has 0 fully saturated rings. The van der Waals surface area contributed by atoms with E-state index in [0.717, 1.165) is 22.3 Å². The van der Waals surface area contributed by atoms with Crippen molar-refractivity contribution in [3.8, 4) is 0 Å². The molecular formula is C42H62N2O7S. The largest absolute Gasteiger partial charge is 0.465 e. The second kappa shape index (κ2) is 21.2. The normalized spacial score (nSPS) is 27.0. The van der Waals surface area contributed by atoms with Gasteiger partial charge in [0.05, 0.1) is 30.0 Å². The third kappa shape index (κ3) is 13.8. The molecule has 2 heterocycles. The van der Waals surface area contributed by atoms with Crippen LogP contribution in [0.2, 0.25) is 0 Å². The number of aromatic nitrogens is 1. The van der Waals surface area contributed by atoms with Gasteiger partial charge >= 0.3 is 12.1 Å². The van der Waals surface area contributed by atoms with E-state index >= 15 is 0 Å². The Kier molecular flexibility index (Phi) is 18.2. The number of carbonyl (C=O) groups is 2. The van der Waals surface area contributed by atoms with E-state index in [2.05, 4.69) is 0 Å². The van der Waals surface area contributed by atoms with E-state index in [1.807, 2.05) is 110 Å². The number of hydrogen-bond acceptors (Lipinski definition) is 8. The van der Waals surface area contributed by atoms with E-state index in [1.54, 1.807) is 33.2 Å². The summed E-state index contributed by atoms with van der Waals surface area (Å²) in [5.74, 6) is -0.963. The first kappa shape index (κ1) is 44.6. The standard InChI is InChI=1S/C42H62N2O7S/c1-25(2)20-35(44(11)42(48)49)40-43-34(24-52-40)39-30(7)15-13-14-29(6)38(50-12)33(10)36(45)19-17-26(3)21-28(5)22-32(9)37(46)23-27(4)16-18-31(8)41(47)51-39/h13-15,17-19,21-25,30,32-33,35-39,45-46H,16,20H2,1-12H3,(H,48,49). The van der Waals surface area contributed by atoms with Crippen LogP contribution in [0, 0.1) is 23.7 Å². The number of nitrogens with zero attached hydrogens (tertiary/aromatic N) is 2. The maximum atomic E-state index is 13.6. The smallest absolute Gasteiger partial charge is 0.407 e. The molecule has 0 bridgehead atoms. The molecule has 1 aliphatic rings. The van der Waals surface area contributed by atoms with Crippen LogP contribution in [-0.2, 0) is 14.3 Å².